The van der Waals surface area contributed by atoms with Crippen LogP contribution >= 0.6 is 0 Å². The van der Waals surface area contributed by atoms with Crippen molar-refractivity contribution >= 4 is 15.7 Å². The Bertz CT molecular complexity index is 894. The summed E-state index contributed by atoms with van der Waals surface area (Å²) in [5, 5.41) is 6.49. The fraction of sp³-hybridized carbons (Fsp3) is 0. The van der Waals surface area contributed by atoms with Crippen molar-refractivity contribution in [1.82, 2.24) is 15.2 Å². The number of H-pyrrole nitrogens is 1. The Morgan fingerprint density at radius 2 is 1.86 bits per heavy atom. The van der Waals surface area contributed by atoms with Crippen molar-refractivity contribution in [1.29, 1.82) is 0 Å². The zero-order chi connectivity index (χ0) is 15.6. The quantitative estimate of drug-likeness (QED) is 0.773. The minimum absolute atomic E-state index is 0.196. The van der Waals surface area contributed by atoms with E-state index in [1.54, 1.807) is 24.4 Å². The Kier molecular flexibility index (Phi) is 3.60. The molecular formula is C14H11FN4O2S. The van der Waals surface area contributed by atoms with E-state index in [4.69, 9.17) is 0 Å². The third kappa shape index (κ3) is 2.68. The summed E-state index contributed by atoms with van der Waals surface area (Å²) in [6.45, 7) is 0. The van der Waals surface area contributed by atoms with Crippen LogP contribution in [0.15, 0.2) is 59.8 Å². The predicted molar refractivity (Wildman–Crippen MR) is 79.0 cm³/mol. The highest BCUT2D eigenvalue weighted by Gasteiger charge is 2.21. The first-order valence-corrected chi connectivity index (χ1v) is 7.78. The van der Waals surface area contributed by atoms with Gasteiger partial charge in [-0.2, -0.15) is 5.10 Å². The van der Waals surface area contributed by atoms with Crippen LogP contribution in [-0.2, 0) is 10.0 Å². The molecule has 0 radical (unpaired) electrons. The predicted octanol–water partition coefficient (Wildman–Crippen LogP) is 2.41. The van der Waals surface area contributed by atoms with Gasteiger partial charge in [0.25, 0.3) is 10.0 Å². The van der Waals surface area contributed by atoms with Crippen molar-refractivity contribution < 1.29 is 12.8 Å². The van der Waals surface area contributed by atoms with E-state index < -0.39 is 20.7 Å². The number of nitrogens with zero attached hydrogens (tertiary/aromatic N) is 2. The Hall–Kier alpha value is -2.74. The molecule has 22 heavy (non-hydrogen) atoms. The lowest BCUT2D eigenvalue weighted by atomic mass is 10.2. The minimum atomic E-state index is -4.06. The lowest BCUT2D eigenvalue weighted by Crippen LogP contribution is -2.14. The molecule has 6 nitrogen and oxygen atoms in total. The molecule has 0 fully saturated rings. The number of nitrogens with one attached hydrogen (secondary N) is 2. The van der Waals surface area contributed by atoms with Crippen LogP contribution in [0.25, 0.3) is 11.4 Å². The first-order chi connectivity index (χ1) is 10.6. The third-order valence-corrected chi connectivity index (χ3v) is 4.33. The maximum Gasteiger partial charge on any atom is 0.264 e. The second-order valence-electron chi connectivity index (χ2n) is 4.41. The molecule has 0 unspecified atom stereocenters. The molecule has 3 aromatic rings. The largest absolute Gasteiger partial charge is 0.276 e. The van der Waals surface area contributed by atoms with E-state index in [2.05, 4.69) is 19.9 Å². The summed E-state index contributed by atoms with van der Waals surface area (Å²) in [5.41, 5.74) is 1.12. The fourth-order valence-corrected chi connectivity index (χ4v) is 3.07. The molecule has 0 spiro atoms. The highest BCUT2D eigenvalue weighted by molar-refractivity contribution is 7.92. The number of halogens is 1. The average molecular weight is 318 g/mol. The monoisotopic (exact) mass is 318 g/mol. The summed E-state index contributed by atoms with van der Waals surface area (Å²) < 4.78 is 40.6. The zero-order valence-corrected chi connectivity index (χ0v) is 12.0. The van der Waals surface area contributed by atoms with Crippen LogP contribution in [-0.4, -0.2) is 23.6 Å². The van der Waals surface area contributed by atoms with Crippen molar-refractivity contribution in [3.05, 3.63) is 60.7 Å². The SMILES string of the molecule is O=S(=O)(Nc1cn[nH]c1-c1ccccn1)c1ccccc1F. The fourth-order valence-electron chi connectivity index (χ4n) is 1.93. The summed E-state index contributed by atoms with van der Waals surface area (Å²) >= 11 is 0. The Labute approximate surface area is 126 Å². The van der Waals surface area contributed by atoms with Gasteiger partial charge in [0.15, 0.2) is 0 Å². The van der Waals surface area contributed by atoms with Gasteiger partial charge in [-0.05, 0) is 24.3 Å². The van der Waals surface area contributed by atoms with Crippen LogP contribution in [0, 0.1) is 5.82 Å². The average Bonchev–Trinajstić information content (AvgIpc) is 2.96. The van der Waals surface area contributed by atoms with E-state index in [1.165, 1.54) is 24.4 Å². The summed E-state index contributed by atoms with van der Waals surface area (Å²) in [6.07, 6.45) is 2.88. The molecule has 0 amide bonds. The van der Waals surface area contributed by atoms with Gasteiger partial charge >= 0.3 is 0 Å². The molecular weight excluding hydrogens is 307 g/mol. The van der Waals surface area contributed by atoms with Gasteiger partial charge in [-0.15, -0.1) is 0 Å². The van der Waals surface area contributed by atoms with E-state index in [0.717, 1.165) is 6.07 Å². The maximum absolute atomic E-state index is 13.7. The van der Waals surface area contributed by atoms with E-state index >= 15 is 0 Å². The van der Waals surface area contributed by atoms with Crippen LogP contribution < -0.4 is 4.72 Å². The lowest BCUT2D eigenvalue weighted by molar-refractivity contribution is 0.570. The molecule has 8 heteroatoms. The number of sulfonamides is 1. The number of pyridine rings is 1. The van der Waals surface area contributed by atoms with Crippen LogP contribution in [0.1, 0.15) is 0 Å². The molecule has 0 aliphatic heterocycles. The molecule has 112 valence electrons. The normalized spacial score (nSPS) is 11.3. The molecule has 0 aliphatic carbocycles. The molecule has 2 aromatic heterocycles. The number of benzene rings is 1. The molecule has 0 bridgehead atoms. The molecule has 0 saturated carbocycles. The van der Waals surface area contributed by atoms with E-state index in [9.17, 15) is 12.8 Å². The lowest BCUT2D eigenvalue weighted by Gasteiger charge is -2.08. The zero-order valence-electron chi connectivity index (χ0n) is 11.2. The van der Waals surface area contributed by atoms with Crippen molar-refractivity contribution in [3.8, 4) is 11.4 Å². The Morgan fingerprint density at radius 3 is 2.59 bits per heavy atom. The van der Waals surface area contributed by atoms with Gasteiger partial charge in [0, 0.05) is 6.20 Å². The van der Waals surface area contributed by atoms with Crippen molar-refractivity contribution in [3.63, 3.8) is 0 Å². The summed E-state index contributed by atoms with van der Waals surface area (Å²) in [4.78, 5) is 3.69. The van der Waals surface area contributed by atoms with Gasteiger partial charge in [-0.3, -0.25) is 14.8 Å². The number of hydrogen-bond acceptors (Lipinski definition) is 4. The van der Waals surface area contributed by atoms with Gasteiger partial charge in [-0.25, -0.2) is 12.8 Å². The first kappa shape index (κ1) is 14.2. The van der Waals surface area contributed by atoms with Crippen LogP contribution in [0.4, 0.5) is 10.1 Å². The number of hydrogen-bond donors (Lipinski definition) is 2. The number of aromatic nitrogens is 3. The summed E-state index contributed by atoms with van der Waals surface area (Å²) in [5.74, 6) is -0.821. The molecule has 2 heterocycles. The number of anilines is 1. The van der Waals surface area contributed by atoms with Crippen LogP contribution in [0.3, 0.4) is 0 Å². The molecule has 2 N–H and O–H groups in total. The van der Waals surface area contributed by atoms with Crippen molar-refractivity contribution in [2.75, 3.05) is 4.72 Å². The van der Waals surface area contributed by atoms with E-state index in [0.29, 0.717) is 11.4 Å². The number of rotatable bonds is 4. The third-order valence-electron chi connectivity index (χ3n) is 2.93. The highest BCUT2D eigenvalue weighted by Crippen LogP contribution is 2.26. The highest BCUT2D eigenvalue weighted by atomic mass is 32.2. The smallest absolute Gasteiger partial charge is 0.264 e. The molecule has 3 rings (SSSR count). The Balaban J connectivity index is 1.98. The number of aromatic amines is 1. The first-order valence-electron chi connectivity index (χ1n) is 6.30. The van der Waals surface area contributed by atoms with Gasteiger partial charge in [-0.1, -0.05) is 18.2 Å². The van der Waals surface area contributed by atoms with Crippen LogP contribution in [0.5, 0.6) is 0 Å². The van der Waals surface area contributed by atoms with Crippen molar-refractivity contribution in [2.24, 2.45) is 0 Å². The summed E-state index contributed by atoms with van der Waals surface area (Å²) in [7, 11) is -4.06. The van der Waals surface area contributed by atoms with Gasteiger partial charge in [0.1, 0.15) is 16.4 Å². The van der Waals surface area contributed by atoms with Gasteiger partial charge < -0.3 is 0 Å². The standard InChI is InChI=1S/C14H11FN4O2S/c15-10-5-1-2-7-13(10)22(20,21)19-12-9-17-18-14(12)11-6-3-4-8-16-11/h1-9,19H,(H,17,18). The molecule has 1 aromatic carbocycles. The summed E-state index contributed by atoms with van der Waals surface area (Å²) in [6, 6.07) is 10.4. The minimum Gasteiger partial charge on any atom is -0.276 e. The van der Waals surface area contributed by atoms with Crippen molar-refractivity contribution in [2.45, 2.75) is 4.90 Å². The van der Waals surface area contributed by atoms with E-state index in [1.807, 2.05) is 0 Å². The molecule has 0 saturated heterocycles. The molecule has 0 aliphatic rings. The second-order valence-corrected chi connectivity index (χ2v) is 6.06. The van der Waals surface area contributed by atoms with Gasteiger partial charge in [0.2, 0.25) is 0 Å². The maximum atomic E-state index is 13.7. The molecule has 0 atom stereocenters. The topological polar surface area (TPSA) is 87.7 Å². The van der Waals surface area contributed by atoms with Gasteiger partial charge in [0.05, 0.1) is 17.6 Å². The van der Waals surface area contributed by atoms with Crippen LogP contribution in [0.2, 0.25) is 0 Å². The van der Waals surface area contributed by atoms with E-state index in [-0.39, 0.29) is 5.69 Å². The Morgan fingerprint density at radius 1 is 1.09 bits per heavy atom. The second kappa shape index (κ2) is 5.57.